The quantitative estimate of drug-likeness (QED) is 0.503. The first kappa shape index (κ1) is 18.8. The molecule has 26 heavy (non-hydrogen) atoms. The van der Waals surface area contributed by atoms with Crippen LogP contribution in [0.25, 0.3) is 11.3 Å². The van der Waals surface area contributed by atoms with Crippen LogP contribution in [0.4, 0.5) is 13.9 Å². The molecule has 0 bridgehead atoms. The van der Waals surface area contributed by atoms with Crippen LogP contribution in [0.5, 0.6) is 5.75 Å². The first-order valence-electron chi connectivity index (χ1n) is 7.20. The zero-order valence-electron chi connectivity index (χ0n) is 12.9. The van der Waals surface area contributed by atoms with Gasteiger partial charge in [0.25, 0.3) is 5.91 Å². The number of rotatable bonds is 5. The van der Waals surface area contributed by atoms with E-state index >= 15 is 0 Å². The summed E-state index contributed by atoms with van der Waals surface area (Å²) in [5.74, 6) is -0.401. The summed E-state index contributed by atoms with van der Waals surface area (Å²) in [4.78, 5) is 16.6. The third-order valence-electron chi connectivity index (χ3n) is 3.28. The topological polar surface area (TPSA) is 51.2 Å². The fraction of sp³-hybridized carbons (Fsp3) is 0.0588. The Morgan fingerprint density at radius 2 is 2.04 bits per heavy atom. The van der Waals surface area contributed by atoms with E-state index in [0.29, 0.717) is 27.0 Å². The third kappa shape index (κ3) is 4.38. The van der Waals surface area contributed by atoms with Gasteiger partial charge in [-0.3, -0.25) is 10.1 Å². The lowest BCUT2D eigenvalue weighted by Crippen LogP contribution is -2.12. The minimum Gasteiger partial charge on any atom is -0.434 e. The predicted molar refractivity (Wildman–Crippen MR) is 101 cm³/mol. The van der Waals surface area contributed by atoms with Crippen LogP contribution in [0, 0.1) is 0 Å². The molecule has 0 saturated carbocycles. The maximum absolute atomic E-state index is 12.5. The molecule has 0 unspecified atom stereocenters. The molecule has 0 aliphatic rings. The van der Waals surface area contributed by atoms with Crippen LogP contribution in [0.15, 0.2) is 52.3 Å². The third-order valence-corrected chi connectivity index (χ3v) is 4.84. The number of alkyl halides is 2. The van der Waals surface area contributed by atoms with Gasteiger partial charge in [0, 0.05) is 15.4 Å². The lowest BCUT2D eigenvalue weighted by Gasteiger charge is -2.08. The highest BCUT2D eigenvalue weighted by Crippen LogP contribution is 2.33. The number of benzene rings is 2. The molecule has 1 heterocycles. The number of amides is 1. The van der Waals surface area contributed by atoms with Gasteiger partial charge in [0.2, 0.25) is 0 Å². The molecule has 0 atom stereocenters. The van der Waals surface area contributed by atoms with E-state index in [-0.39, 0.29) is 5.75 Å². The van der Waals surface area contributed by atoms with Crippen LogP contribution in [0.1, 0.15) is 10.4 Å². The maximum atomic E-state index is 12.5. The highest BCUT2D eigenvalue weighted by atomic mass is 79.9. The fourth-order valence-corrected chi connectivity index (χ4v) is 3.63. The Bertz CT molecular complexity index is 952. The Labute approximate surface area is 164 Å². The molecule has 0 spiro atoms. The highest BCUT2D eigenvalue weighted by Gasteiger charge is 2.16. The molecule has 9 heteroatoms. The predicted octanol–water partition coefficient (Wildman–Crippen LogP) is 6.08. The van der Waals surface area contributed by atoms with Gasteiger partial charge in [0.05, 0.1) is 16.3 Å². The van der Waals surface area contributed by atoms with Crippen molar-refractivity contribution in [3.63, 3.8) is 0 Å². The number of para-hydroxylation sites is 1. The monoisotopic (exact) mass is 458 g/mol. The summed E-state index contributed by atoms with van der Waals surface area (Å²) in [6, 6.07) is 11.2. The molecule has 0 saturated heterocycles. The number of halogens is 4. The van der Waals surface area contributed by atoms with E-state index in [0.717, 1.165) is 4.47 Å². The minimum absolute atomic E-state index is 0.0154. The average Bonchev–Trinajstić information content (AvgIpc) is 3.03. The van der Waals surface area contributed by atoms with Crippen LogP contribution in [0.3, 0.4) is 0 Å². The summed E-state index contributed by atoms with van der Waals surface area (Å²) < 4.78 is 30.3. The summed E-state index contributed by atoms with van der Waals surface area (Å²) >= 11 is 10.5. The van der Waals surface area contributed by atoms with Gasteiger partial charge in [-0.05, 0) is 30.3 Å². The number of aromatic nitrogens is 1. The molecule has 0 aliphatic carbocycles. The molecule has 1 amide bonds. The number of carbonyl (C=O) groups excluding carboxylic acids is 1. The van der Waals surface area contributed by atoms with E-state index < -0.39 is 12.5 Å². The van der Waals surface area contributed by atoms with Crippen LogP contribution in [-0.2, 0) is 0 Å². The Morgan fingerprint density at radius 3 is 2.77 bits per heavy atom. The van der Waals surface area contributed by atoms with Gasteiger partial charge in [-0.1, -0.05) is 39.7 Å². The van der Waals surface area contributed by atoms with E-state index in [4.69, 9.17) is 11.6 Å². The van der Waals surface area contributed by atoms with Crippen molar-refractivity contribution in [2.45, 2.75) is 6.61 Å². The molecule has 3 aromatic rings. The van der Waals surface area contributed by atoms with Crippen molar-refractivity contribution in [3.05, 3.63) is 62.9 Å². The van der Waals surface area contributed by atoms with Gasteiger partial charge in [-0.25, -0.2) is 4.98 Å². The zero-order chi connectivity index (χ0) is 18.7. The summed E-state index contributed by atoms with van der Waals surface area (Å²) in [6.07, 6.45) is 0. The van der Waals surface area contributed by atoms with Crippen molar-refractivity contribution >= 4 is 49.9 Å². The van der Waals surface area contributed by atoms with E-state index in [9.17, 15) is 13.6 Å². The molecule has 0 fully saturated rings. The highest BCUT2D eigenvalue weighted by molar-refractivity contribution is 9.10. The van der Waals surface area contributed by atoms with Crippen LogP contribution in [0.2, 0.25) is 5.02 Å². The molecule has 3 rings (SSSR count). The molecule has 4 nitrogen and oxygen atoms in total. The molecule has 2 aromatic carbocycles. The number of nitrogens with one attached hydrogen (secondary N) is 1. The smallest absolute Gasteiger partial charge is 0.387 e. The average molecular weight is 460 g/mol. The Hall–Kier alpha value is -2.03. The maximum Gasteiger partial charge on any atom is 0.387 e. The lowest BCUT2D eigenvalue weighted by molar-refractivity contribution is -0.0494. The molecular weight excluding hydrogens is 450 g/mol. The number of thiazole rings is 1. The molecule has 134 valence electrons. The molecule has 0 aliphatic heterocycles. The Morgan fingerprint density at radius 1 is 1.27 bits per heavy atom. The van der Waals surface area contributed by atoms with Gasteiger partial charge in [0.15, 0.2) is 5.13 Å². The SMILES string of the molecule is O=C(Nc1nc(-c2ccccc2OC(F)F)cs1)c1ccc(Br)cc1Cl. The summed E-state index contributed by atoms with van der Waals surface area (Å²) in [6.45, 7) is -2.94. The van der Waals surface area contributed by atoms with Crippen LogP contribution >= 0.6 is 38.9 Å². The first-order chi connectivity index (χ1) is 12.4. The van der Waals surface area contributed by atoms with Crippen molar-refractivity contribution in [2.24, 2.45) is 0 Å². The first-order valence-corrected chi connectivity index (χ1v) is 9.25. The van der Waals surface area contributed by atoms with Gasteiger partial charge < -0.3 is 4.74 Å². The molecule has 1 N–H and O–H groups in total. The van der Waals surface area contributed by atoms with Crippen LogP contribution < -0.4 is 10.1 Å². The van der Waals surface area contributed by atoms with E-state index in [1.165, 1.54) is 17.4 Å². The number of nitrogens with zero attached hydrogens (tertiary/aromatic N) is 1. The van der Waals surface area contributed by atoms with Crippen molar-refractivity contribution in [2.75, 3.05) is 5.32 Å². The molecular formula is C17H10BrClF2N2O2S. The number of ether oxygens (including phenoxy) is 1. The normalized spacial score (nSPS) is 10.8. The van der Waals surface area contributed by atoms with Crippen molar-refractivity contribution in [3.8, 4) is 17.0 Å². The summed E-state index contributed by atoms with van der Waals surface area (Å²) in [7, 11) is 0. The fourth-order valence-electron chi connectivity index (χ4n) is 2.17. The van der Waals surface area contributed by atoms with Crippen molar-refractivity contribution in [1.29, 1.82) is 0 Å². The number of hydrogen-bond acceptors (Lipinski definition) is 4. The zero-order valence-corrected chi connectivity index (χ0v) is 16.0. The Kier molecular flexibility index (Phi) is 5.85. The van der Waals surface area contributed by atoms with E-state index in [1.54, 1.807) is 41.8 Å². The number of carbonyl (C=O) groups is 1. The number of anilines is 1. The Balaban J connectivity index is 1.81. The second-order valence-electron chi connectivity index (χ2n) is 4.99. The lowest BCUT2D eigenvalue weighted by atomic mass is 10.1. The largest absolute Gasteiger partial charge is 0.434 e. The van der Waals surface area contributed by atoms with E-state index in [1.807, 2.05) is 0 Å². The van der Waals surface area contributed by atoms with Gasteiger partial charge in [-0.15, -0.1) is 11.3 Å². The van der Waals surface area contributed by atoms with Crippen LogP contribution in [-0.4, -0.2) is 17.5 Å². The summed E-state index contributed by atoms with van der Waals surface area (Å²) in [5.41, 5.74) is 1.13. The summed E-state index contributed by atoms with van der Waals surface area (Å²) in [5, 5.41) is 4.91. The molecule has 1 aromatic heterocycles. The standard InChI is InChI=1S/C17H10BrClF2N2O2S/c18-9-5-6-10(12(19)7-9)15(24)23-17-22-13(8-26-17)11-3-1-2-4-14(11)25-16(20)21/h1-8,16H,(H,22,23,24). The van der Waals surface area contributed by atoms with Gasteiger partial charge in [0.1, 0.15) is 5.75 Å². The van der Waals surface area contributed by atoms with Crippen molar-refractivity contribution in [1.82, 2.24) is 4.98 Å². The minimum atomic E-state index is -2.94. The second-order valence-corrected chi connectivity index (χ2v) is 7.17. The van der Waals surface area contributed by atoms with Gasteiger partial charge >= 0.3 is 6.61 Å². The number of hydrogen-bond donors (Lipinski definition) is 1. The van der Waals surface area contributed by atoms with E-state index in [2.05, 4.69) is 31.0 Å². The molecule has 0 radical (unpaired) electrons. The van der Waals surface area contributed by atoms with Gasteiger partial charge in [-0.2, -0.15) is 8.78 Å². The van der Waals surface area contributed by atoms with Crippen molar-refractivity contribution < 1.29 is 18.3 Å². The second kappa shape index (κ2) is 8.11.